The number of nitrogens with zero attached hydrogens (tertiary/aromatic N) is 1. The molecule has 0 spiro atoms. The maximum Gasteiger partial charge on any atom is 0.264 e. The molecular weight excluding hydrogens is 448 g/mol. The van der Waals surface area contributed by atoms with Crippen LogP contribution in [0.1, 0.15) is 30.9 Å². The number of ether oxygens (including phenoxy) is 1. The van der Waals surface area contributed by atoms with E-state index in [1.165, 1.54) is 22.0 Å². The van der Waals surface area contributed by atoms with E-state index >= 15 is 0 Å². The first kappa shape index (κ1) is 23.8. The van der Waals surface area contributed by atoms with Gasteiger partial charge < -0.3 is 10.1 Å². The highest BCUT2D eigenvalue weighted by atomic mass is 32.2. The molecule has 0 bridgehead atoms. The molecule has 0 saturated heterocycles. The average molecular weight is 479 g/mol. The molecule has 3 aromatic carbocycles. The van der Waals surface area contributed by atoms with Crippen LogP contribution in [-0.2, 0) is 27.7 Å². The average Bonchev–Trinajstić information content (AvgIpc) is 2.87. The van der Waals surface area contributed by atoms with Crippen molar-refractivity contribution in [2.75, 3.05) is 17.5 Å². The predicted octanol–water partition coefficient (Wildman–Crippen LogP) is 4.34. The van der Waals surface area contributed by atoms with Crippen LogP contribution in [0.5, 0.6) is 5.75 Å². The van der Waals surface area contributed by atoms with Crippen LogP contribution in [-0.4, -0.2) is 33.5 Å². The molecular formula is C27H30N2O4S. The quantitative estimate of drug-likeness (QED) is 0.496. The number of hydrogen-bond donors (Lipinski definition) is 1. The Morgan fingerprint density at radius 2 is 1.71 bits per heavy atom. The summed E-state index contributed by atoms with van der Waals surface area (Å²) < 4.78 is 33.5. The number of para-hydroxylation sites is 1. The van der Waals surface area contributed by atoms with Crippen LogP contribution >= 0.6 is 0 Å². The lowest BCUT2D eigenvalue weighted by molar-refractivity contribution is -0.123. The molecule has 3 aromatic rings. The Labute approximate surface area is 201 Å². The summed E-state index contributed by atoms with van der Waals surface area (Å²) in [7, 11) is -3.67. The van der Waals surface area contributed by atoms with Gasteiger partial charge in [-0.2, -0.15) is 0 Å². The first-order valence-electron chi connectivity index (χ1n) is 11.6. The van der Waals surface area contributed by atoms with E-state index < -0.39 is 10.0 Å². The van der Waals surface area contributed by atoms with Gasteiger partial charge in [0.15, 0.2) is 6.61 Å². The van der Waals surface area contributed by atoms with E-state index in [-0.39, 0.29) is 23.5 Å². The Kier molecular flexibility index (Phi) is 7.53. The van der Waals surface area contributed by atoms with Gasteiger partial charge in [-0.3, -0.25) is 9.10 Å². The topological polar surface area (TPSA) is 75.7 Å². The third kappa shape index (κ3) is 5.78. The summed E-state index contributed by atoms with van der Waals surface area (Å²) in [6.07, 6.45) is 3.39. The summed E-state index contributed by atoms with van der Waals surface area (Å²) in [5, 5.41) is 2.94. The lowest BCUT2D eigenvalue weighted by atomic mass is 10.0. The molecule has 6 nitrogen and oxygen atoms in total. The van der Waals surface area contributed by atoms with Gasteiger partial charge in [0, 0.05) is 12.6 Å². The number of benzene rings is 3. The minimum atomic E-state index is -3.67. The summed E-state index contributed by atoms with van der Waals surface area (Å²) >= 11 is 0. The maximum absolute atomic E-state index is 13.2. The first-order chi connectivity index (χ1) is 16.4. The molecule has 0 radical (unpaired) electrons. The van der Waals surface area contributed by atoms with Crippen molar-refractivity contribution in [3.63, 3.8) is 0 Å². The maximum atomic E-state index is 13.2. The van der Waals surface area contributed by atoms with E-state index in [0.29, 0.717) is 12.3 Å². The van der Waals surface area contributed by atoms with Crippen molar-refractivity contribution in [3.8, 4) is 5.75 Å². The fraction of sp³-hybridized carbons (Fsp3) is 0.296. The Morgan fingerprint density at radius 1 is 1.00 bits per heavy atom. The highest BCUT2D eigenvalue weighted by Crippen LogP contribution is 2.32. The van der Waals surface area contributed by atoms with Gasteiger partial charge in [-0.05, 0) is 74.1 Å². The molecule has 1 heterocycles. The van der Waals surface area contributed by atoms with Crippen LogP contribution in [0.2, 0.25) is 0 Å². The molecule has 34 heavy (non-hydrogen) atoms. The zero-order chi connectivity index (χ0) is 24.0. The van der Waals surface area contributed by atoms with Crippen molar-refractivity contribution in [1.82, 2.24) is 5.32 Å². The van der Waals surface area contributed by atoms with Crippen LogP contribution in [0.4, 0.5) is 5.69 Å². The van der Waals surface area contributed by atoms with Crippen molar-refractivity contribution in [1.29, 1.82) is 0 Å². The van der Waals surface area contributed by atoms with E-state index in [2.05, 4.69) is 17.4 Å². The Hall–Kier alpha value is -3.32. The fourth-order valence-corrected chi connectivity index (χ4v) is 5.69. The molecule has 1 amide bonds. The fourth-order valence-electron chi connectivity index (χ4n) is 4.15. The second kappa shape index (κ2) is 10.7. The number of sulfonamides is 1. The van der Waals surface area contributed by atoms with Crippen molar-refractivity contribution in [2.24, 2.45) is 0 Å². The van der Waals surface area contributed by atoms with Crippen molar-refractivity contribution in [2.45, 2.75) is 43.5 Å². The zero-order valence-electron chi connectivity index (χ0n) is 19.3. The summed E-state index contributed by atoms with van der Waals surface area (Å²) in [5.41, 5.74) is 3.02. The van der Waals surface area contributed by atoms with Crippen LogP contribution in [0.25, 0.3) is 0 Å². The van der Waals surface area contributed by atoms with Gasteiger partial charge in [0.2, 0.25) is 0 Å². The third-order valence-corrected chi connectivity index (χ3v) is 7.79. The van der Waals surface area contributed by atoms with E-state index in [0.717, 1.165) is 36.9 Å². The lowest BCUT2D eigenvalue weighted by Gasteiger charge is -2.30. The minimum Gasteiger partial charge on any atom is -0.484 e. The number of anilines is 1. The predicted molar refractivity (Wildman–Crippen MR) is 134 cm³/mol. The largest absolute Gasteiger partial charge is 0.484 e. The zero-order valence-corrected chi connectivity index (χ0v) is 20.1. The molecule has 7 heteroatoms. The molecule has 0 aliphatic carbocycles. The van der Waals surface area contributed by atoms with E-state index in [4.69, 9.17) is 4.74 Å². The van der Waals surface area contributed by atoms with E-state index in [1.54, 1.807) is 12.1 Å². The Balaban J connectivity index is 1.30. The van der Waals surface area contributed by atoms with Crippen molar-refractivity contribution < 1.29 is 17.9 Å². The molecule has 178 valence electrons. The number of carbonyl (C=O) groups excluding carboxylic acids is 1. The van der Waals surface area contributed by atoms with Gasteiger partial charge in [0.05, 0.1) is 10.6 Å². The van der Waals surface area contributed by atoms with Crippen LogP contribution in [0, 0.1) is 0 Å². The molecule has 0 unspecified atom stereocenters. The molecule has 1 aliphatic heterocycles. The molecule has 1 aliphatic rings. The summed E-state index contributed by atoms with van der Waals surface area (Å²) in [6, 6.07) is 24.0. The van der Waals surface area contributed by atoms with Gasteiger partial charge in [0.25, 0.3) is 15.9 Å². The highest BCUT2D eigenvalue weighted by Gasteiger charge is 2.28. The monoisotopic (exact) mass is 478 g/mol. The molecule has 0 saturated carbocycles. The number of nitrogens with one attached hydrogen (secondary N) is 1. The lowest BCUT2D eigenvalue weighted by Crippen LogP contribution is -2.36. The van der Waals surface area contributed by atoms with Gasteiger partial charge in [0.1, 0.15) is 5.75 Å². The Bertz CT molecular complexity index is 1210. The smallest absolute Gasteiger partial charge is 0.264 e. The van der Waals surface area contributed by atoms with Crippen LogP contribution < -0.4 is 14.4 Å². The number of aryl methyl sites for hydroxylation is 2. The van der Waals surface area contributed by atoms with Crippen molar-refractivity contribution >= 4 is 21.6 Å². The summed E-state index contributed by atoms with van der Waals surface area (Å²) in [5.74, 6) is 0.243. The minimum absolute atomic E-state index is 0.0243. The molecule has 0 aromatic heterocycles. The van der Waals surface area contributed by atoms with Gasteiger partial charge >= 0.3 is 0 Å². The second-order valence-corrected chi connectivity index (χ2v) is 10.4. The van der Waals surface area contributed by atoms with Crippen molar-refractivity contribution in [3.05, 3.63) is 90.0 Å². The molecule has 0 fully saturated rings. The Morgan fingerprint density at radius 3 is 2.47 bits per heavy atom. The van der Waals surface area contributed by atoms with E-state index in [1.807, 2.05) is 49.4 Å². The molecule has 4 rings (SSSR count). The molecule has 1 N–H and O–H groups in total. The first-order valence-corrected chi connectivity index (χ1v) is 13.0. The van der Waals surface area contributed by atoms with Gasteiger partial charge in [-0.15, -0.1) is 0 Å². The normalized spacial score (nSPS) is 14.2. The number of amides is 1. The number of fused-ring (bicyclic) bond motifs is 1. The number of hydrogen-bond acceptors (Lipinski definition) is 4. The summed E-state index contributed by atoms with van der Waals surface area (Å²) in [6.45, 7) is 2.31. The van der Waals surface area contributed by atoms with Crippen LogP contribution in [0.15, 0.2) is 83.8 Å². The van der Waals surface area contributed by atoms with Crippen LogP contribution in [0.3, 0.4) is 0 Å². The highest BCUT2D eigenvalue weighted by molar-refractivity contribution is 7.92. The van der Waals surface area contributed by atoms with Gasteiger partial charge in [-0.1, -0.05) is 48.5 Å². The SMILES string of the molecule is C[C@H](CCc1ccccc1)NC(=O)COc1ccc(S(=O)(=O)N2CCCc3ccccc32)cc1. The van der Waals surface area contributed by atoms with Gasteiger partial charge in [-0.25, -0.2) is 8.42 Å². The standard InChI is InChI=1S/C27H30N2O4S/c1-21(13-14-22-8-3-2-4-9-22)28-27(30)20-33-24-15-17-25(18-16-24)34(31,32)29-19-7-11-23-10-5-6-12-26(23)29/h2-6,8-10,12,15-18,21H,7,11,13-14,19-20H2,1H3,(H,28,30)/t21-/m1/s1. The van der Waals surface area contributed by atoms with E-state index in [9.17, 15) is 13.2 Å². The molecule has 1 atom stereocenters. The number of rotatable bonds is 9. The number of carbonyl (C=O) groups is 1. The third-order valence-electron chi connectivity index (χ3n) is 5.97. The summed E-state index contributed by atoms with van der Waals surface area (Å²) in [4.78, 5) is 12.5. The second-order valence-electron chi connectivity index (χ2n) is 8.56.